The summed E-state index contributed by atoms with van der Waals surface area (Å²) in [5.74, 6) is -0.396. The largest absolute Gasteiger partial charge is 0.492 e. The van der Waals surface area contributed by atoms with E-state index in [0.29, 0.717) is 30.9 Å². The Labute approximate surface area is 125 Å². The van der Waals surface area contributed by atoms with Gasteiger partial charge in [-0.2, -0.15) is 0 Å². The number of ketones is 1. The minimum Gasteiger partial charge on any atom is -0.492 e. The molecule has 21 heavy (non-hydrogen) atoms. The lowest BCUT2D eigenvalue weighted by Gasteiger charge is -2.25. The fourth-order valence-electron chi connectivity index (χ4n) is 2.14. The molecule has 0 aliphatic heterocycles. The molecule has 0 aromatic heterocycles. The number of benzene rings is 1. The Morgan fingerprint density at radius 1 is 1.33 bits per heavy atom. The summed E-state index contributed by atoms with van der Waals surface area (Å²) in [5.41, 5.74) is -0.412. The molecule has 2 N–H and O–H groups in total. The predicted octanol–water partition coefficient (Wildman–Crippen LogP) is 2.50. The van der Waals surface area contributed by atoms with Gasteiger partial charge >= 0.3 is 5.97 Å². The molecule has 1 aromatic carbocycles. The number of carbonyl (C=O) groups excluding carboxylic acids is 1. The van der Waals surface area contributed by atoms with Gasteiger partial charge in [0.2, 0.25) is 0 Å². The molecule has 0 bridgehead atoms. The fraction of sp³-hybridized carbons (Fsp3) is 0.500. The van der Waals surface area contributed by atoms with Gasteiger partial charge in [0.05, 0.1) is 5.56 Å². The zero-order chi connectivity index (χ0) is 15.9. The number of hydrogen-bond donors (Lipinski definition) is 2. The van der Waals surface area contributed by atoms with Crippen molar-refractivity contribution in [1.29, 1.82) is 0 Å². The van der Waals surface area contributed by atoms with E-state index >= 15 is 0 Å². The number of carboxylic acids is 1. The molecule has 0 fully saturated rings. The van der Waals surface area contributed by atoms with Gasteiger partial charge in [0.15, 0.2) is 5.78 Å². The highest BCUT2D eigenvalue weighted by Crippen LogP contribution is 2.18. The van der Waals surface area contributed by atoms with Crippen LogP contribution in [0.2, 0.25) is 0 Å². The van der Waals surface area contributed by atoms with Gasteiger partial charge < -0.3 is 9.84 Å². The molecular formula is C16H23NO4. The van der Waals surface area contributed by atoms with Gasteiger partial charge in [-0.05, 0) is 32.4 Å². The second kappa shape index (κ2) is 7.78. The van der Waals surface area contributed by atoms with Gasteiger partial charge in [-0.1, -0.05) is 25.5 Å². The Morgan fingerprint density at radius 3 is 2.57 bits per heavy atom. The number of para-hydroxylation sites is 1. The van der Waals surface area contributed by atoms with Crippen molar-refractivity contribution in [2.75, 3.05) is 13.2 Å². The monoisotopic (exact) mass is 293 g/mol. The molecule has 0 aliphatic rings. The second-order valence-electron chi connectivity index (χ2n) is 5.21. The van der Waals surface area contributed by atoms with Crippen LogP contribution in [0.4, 0.5) is 0 Å². The molecule has 5 heteroatoms. The van der Waals surface area contributed by atoms with Crippen LogP contribution in [0.25, 0.3) is 0 Å². The number of hydrogen-bond acceptors (Lipinski definition) is 4. The van der Waals surface area contributed by atoms with Gasteiger partial charge in [-0.25, -0.2) is 0 Å². The SMILES string of the molecule is CCCC(C)(NCCOc1ccccc1C(C)=O)C(=O)O. The van der Waals surface area contributed by atoms with Crippen LogP contribution < -0.4 is 10.1 Å². The quantitative estimate of drug-likeness (QED) is 0.540. The van der Waals surface area contributed by atoms with Crippen molar-refractivity contribution >= 4 is 11.8 Å². The van der Waals surface area contributed by atoms with Crippen LogP contribution in [0.3, 0.4) is 0 Å². The molecule has 1 aromatic rings. The van der Waals surface area contributed by atoms with Crippen LogP contribution >= 0.6 is 0 Å². The third-order valence-electron chi connectivity index (χ3n) is 3.36. The third-order valence-corrected chi connectivity index (χ3v) is 3.36. The first kappa shape index (κ1) is 17.2. The topological polar surface area (TPSA) is 75.6 Å². The number of aliphatic carboxylic acids is 1. The number of carboxylic acid groups (broad SMARTS) is 1. The summed E-state index contributed by atoms with van der Waals surface area (Å²) in [5, 5.41) is 12.3. The van der Waals surface area contributed by atoms with Crippen molar-refractivity contribution in [3.8, 4) is 5.75 Å². The van der Waals surface area contributed by atoms with Gasteiger partial charge in [-0.3, -0.25) is 14.9 Å². The van der Waals surface area contributed by atoms with Crippen LogP contribution in [-0.2, 0) is 4.79 Å². The molecule has 5 nitrogen and oxygen atoms in total. The first-order valence-corrected chi connectivity index (χ1v) is 7.12. The van der Waals surface area contributed by atoms with Crippen molar-refractivity contribution in [2.24, 2.45) is 0 Å². The zero-order valence-electron chi connectivity index (χ0n) is 12.8. The maximum absolute atomic E-state index is 11.5. The summed E-state index contributed by atoms with van der Waals surface area (Å²) in [4.78, 5) is 22.7. The van der Waals surface area contributed by atoms with E-state index < -0.39 is 11.5 Å². The van der Waals surface area contributed by atoms with E-state index in [1.807, 2.05) is 6.92 Å². The summed E-state index contributed by atoms with van der Waals surface area (Å²) < 4.78 is 5.58. The molecule has 0 spiro atoms. The lowest BCUT2D eigenvalue weighted by molar-refractivity contribution is -0.144. The van der Waals surface area contributed by atoms with E-state index in [4.69, 9.17) is 4.74 Å². The summed E-state index contributed by atoms with van der Waals surface area (Å²) in [6.45, 7) is 5.81. The van der Waals surface area contributed by atoms with Crippen LogP contribution in [-0.4, -0.2) is 35.5 Å². The van der Waals surface area contributed by atoms with Crippen molar-refractivity contribution in [2.45, 2.75) is 39.2 Å². The van der Waals surface area contributed by atoms with Crippen LogP contribution in [0.15, 0.2) is 24.3 Å². The van der Waals surface area contributed by atoms with Crippen molar-refractivity contribution < 1.29 is 19.4 Å². The first-order chi connectivity index (χ1) is 9.90. The molecule has 0 saturated carbocycles. The molecule has 0 amide bonds. The lowest BCUT2D eigenvalue weighted by atomic mass is 9.96. The number of nitrogens with one attached hydrogen (secondary N) is 1. The molecule has 0 aliphatic carbocycles. The van der Waals surface area contributed by atoms with Crippen LogP contribution in [0.1, 0.15) is 44.0 Å². The lowest BCUT2D eigenvalue weighted by Crippen LogP contribution is -2.50. The van der Waals surface area contributed by atoms with Gasteiger partial charge in [0, 0.05) is 6.54 Å². The van der Waals surface area contributed by atoms with E-state index in [1.54, 1.807) is 31.2 Å². The van der Waals surface area contributed by atoms with E-state index in [1.165, 1.54) is 6.92 Å². The summed E-state index contributed by atoms with van der Waals surface area (Å²) >= 11 is 0. The minimum absolute atomic E-state index is 0.0556. The van der Waals surface area contributed by atoms with E-state index in [0.717, 1.165) is 6.42 Å². The van der Waals surface area contributed by atoms with Crippen LogP contribution in [0, 0.1) is 0 Å². The highest BCUT2D eigenvalue weighted by atomic mass is 16.5. The Kier molecular flexibility index (Phi) is 6.37. The molecule has 1 atom stereocenters. The molecule has 116 valence electrons. The standard InChI is InChI=1S/C16H23NO4/c1-4-9-16(3,15(19)20)17-10-11-21-14-8-6-5-7-13(14)12(2)18/h5-8,17H,4,9-11H2,1-3H3,(H,19,20). The van der Waals surface area contributed by atoms with Crippen molar-refractivity contribution in [3.63, 3.8) is 0 Å². The Bertz CT molecular complexity index is 501. The molecular weight excluding hydrogens is 270 g/mol. The Morgan fingerprint density at radius 2 is 2.00 bits per heavy atom. The average molecular weight is 293 g/mol. The number of ether oxygens (including phenoxy) is 1. The highest BCUT2D eigenvalue weighted by molar-refractivity contribution is 5.96. The zero-order valence-corrected chi connectivity index (χ0v) is 12.8. The molecule has 0 heterocycles. The second-order valence-corrected chi connectivity index (χ2v) is 5.21. The minimum atomic E-state index is -0.946. The van der Waals surface area contributed by atoms with Gasteiger partial charge in [0.1, 0.15) is 17.9 Å². The first-order valence-electron chi connectivity index (χ1n) is 7.12. The summed E-state index contributed by atoms with van der Waals surface area (Å²) in [6, 6.07) is 7.03. The maximum Gasteiger partial charge on any atom is 0.323 e. The average Bonchev–Trinajstić information content (AvgIpc) is 2.44. The van der Waals surface area contributed by atoms with Gasteiger partial charge in [0.25, 0.3) is 0 Å². The number of rotatable bonds is 9. The molecule has 1 rings (SSSR count). The normalized spacial score (nSPS) is 13.5. The maximum atomic E-state index is 11.5. The predicted molar refractivity (Wildman–Crippen MR) is 80.9 cm³/mol. The van der Waals surface area contributed by atoms with Crippen LogP contribution in [0.5, 0.6) is 5.75 Å². The smallest absolute Gasteiger partial charge is 0.323 e. The number of Topliss-reactive ketones (excluding diaryl/α,β-unsaturated/α-hetero) is 1. The van der Waals surface area contributed by atoms with Crippen molar-refractivity contribution in [3.05, 3.63) is 29.8 Å². The summed E-state index contributed by atoms with van der Waals surface area (Å²) in [7, 11) is 0. The Hall–Kier alpha value is -1.88. The molecule has 0 saturated heterocycles. The third kappa shape index (κ3) is 4.86. The number of carbonyl (C=O) groups is 2. The van der Waals surface area contributed by atoms with E-state index in [-0.39, 0.29) is 5.78 Å². The molecule has 1 unspecified atom stereocenters. The van der Waals surface area contributed by atoms with Crippen molar-refractivity contribution in [1.82, 2.24) is 5.32 Å². The summed E-state index contributed by atoms with van der Waals surface area (Å²) in [6.07, 6.45) is 1.33. The molecule has 0 radical (unpaired) electrons. The Balaban J connectivity index is 2.54. The van der Waals surface area contributed by atoms with E-state index in [9.17, 15) is 14.7 Å². The highest BCUT2D eigenvalue weighted by Gasteiger charge is 2.31. The van der Waals surface area contributed by atoms with E-state index in [2.05, 4.69) is 5.32 Å². The van der Waals surface area contributed by atoms with Gasteiger partial charge in [-0.15, -0.1) is 0 Å². The fourth-order valence-corrected chi connectivity index (χ4v) is 2.14.